The van der Waals surface area contributed by atoms with E-state index in [1.807, 2.05) is 24.6 Å². The smallest absolute Gasteiger partial charge is 0.229 e. The van der Waals surface area contributed by atoms with E-state index in [0.717, 1.165) is 66.2 Å². The van der Waals surface area contributed by atoms with E-state index >= 15 is 0 Å². The zero-order valence-corrected chi connectivity index (χ0v) is 18.0. The van der Waals surface area contributed by atoms with Gasteiger partial charge in [0.25, 0.3) is 0 Å². The van der Waals surface area contributed by atoms with E-state index in [9.17, 15) is 0 Å². The molecule has 0 aliphatic carbocycles. The fourth-order valence-electron chi connectivity index (χ4n) is 3.60. The van der Waals surface area contributed by atoms with Crippen molar-refractivity contribution >= 4 is 22.4 Å². The molecule has 0 atom stereocenters. The van der Waals surface area contributed by atoms with Gasteiger partial charge in [0.15, 0.2) is 5.13 Å². The van der Waals surface area contributed by atoms with Crippen LogP contribution in [0.2, 0.25) is 0 Å². The number of benzene rings is 1. The predicted molar refractivity (Wildman–Crippen MR) is 121 cm³/mol. The highest BCUT2D eigenvalue weighted by Gasteiger charge is 2.15. The molecule has 31 heavy (non-hydrogen) atoms. The van der Waals surface area contributed by atoms with Crippen molar-refractivity contribution < 1.29 is 4.74 Å². The molecule has 0 amide bonds. The summed E-state index contributed by atoms with van der Waals surface area (Å²) >= 11 is 1.52. The second-order valence-corrected chi connectivity index (χ2v) is 8.29. The van der Waals surface area contributed by atoms with Gasteiger partial charge < -0.3 is 10.1 Å². The first-order valence-electron chi connectivity index (χ1n) is 10.2. The number of morpholine rings is 1. The Balaban J connectivity index is 1.36. The fraction of sp³-hybridized carbons (Fsp3) is 0.273. The molecule has 0 saturated carbocycles. The average molecular weight is 434 g/mol. The van der Waals surface area contributed by atoms with Gasteiger partial charge in [-0.3, -0.25) is 10.00 Å². The summed E-state index contributed by atoms with van der Waals surface area (Å²) in [5.41, 5.74) is 6.08. The molecule has 3 aromatic heterocycles. The van der Waals surface area contributed by atoms with Crippen LogP contribution in [0.15, 0.2) is 48.1 Å². The average Bonchev–Trinajstić information content (AvgIpc) is 3.44. The molecule has 1 aliphatic rings. The number of thiazole rings is 1. The van der Waals surface area contributed by atoms with Gasteiger partial charge >= 0.3 is 0 Å². The lowest BCUT2D eigenvalue weighted by Gasteiger charge is -2.26. The summed E-state index contributed by atoms with van der Waals surface area (Å²) in [5.74, 6) is 0.545. The van der Waals surface area contributed by atoms with Crippen LogP contribution in [0.1, 0.15) is 11.3 Å². The highest BCUT2D eigenvalue weighted by molar-refractivity contribution is 7.14. The number of nitrogens with zero attached hydrogens (tertiary/aromatic N) is 5. The third kappa shape index (κ3) is 4.63. The van der Waals surface area contributed by atoms with Crippen molar-refractivity contribution in [2.24, 2.45) is 0 Å². The highest BCUT2D eigenvalue weighted by Crippen LogP contribution is 2.33. The second kappa shape index (κ2) is 8.93. The first-order valence-corrected chi connectivity index (χ1v) is 11.1. The monoisotopic (exact) mass is 433 g/mol. The fourth-order valence-corrected chi connectivity index (χ4v) is 4.31. The minimum absolute atomic E-state index is 0.545. The number of ether oxygens (including phenoxy) is 1. The molecule has 9 heteroatoms. The van der Waals surface area contributed by atoms with E-state index in [2.05, 4.69) is 54.6 Å². The van der Waals surface area contributed by atoms with Crippen LogP contribution < -0.4 is 5.32 Å². The minimum Gasteiger partial charge on any atom is -0.379 e. The van der Waals surface area contributed by atoms with E-state index in [1.54, 1.807) is 6.20 Å². The lowest BCUT2D eigenvalue weighted by molar-refractivity contribution is 0.0342. The molecule has 1 aromatic carbocycles. The van der Waals surface area contributed by atoms with Gasteiger partial charge in [-0.25, -0.2) is 15.0 Å². The number of aryl methyl sites for hydroxylation is 1. The Kier molecular flexibility index (Phi) is 5.70. The molecule has 8 nitrogen and oxygen atoms in total. The maximum Gasteiger partial charge on any atom is 0.229 e. The molecule has 0 radical (unpaired) electrons. The van der Waals surface area contributed by atoms with Gasteiger partial charge in [0, 0.05) is 48.0 Å². The Bertz CT molecular complexity index is 1170. The van der Waals surface area contributed by atoms with Crippen LogP contribution in [0, 0.1) is 6.92 Å². The van der Waals surface area contributed by atoms with Crippen LogP contribution in [-0.2, 0) is 11.3 Å². The number of hydrogen-bond acceptors (Lipinski definition) is 8. The van der Waals surface area contributed by atoms with Gasteiger partial charge in [-0.15, -0.1) is 11.3 Å². The van der Waals surface area contributed by atoms with Gasteiger partial charge in [0.1, 0.15) is 0 Å². The number of nitrogens with one attached hydrogen (secondary N) is 2. The Labute approximate surface area is 184 Å². The van der Waals surface area contributed by atoms with Crippen molar-refractivity contribution in [1.29, 1.82) is 0 Å². The minimum atomic E-state index is 0.545. The maximum absolute atomic E-state index is 5.46. The topological polar surface area (TPSA) is 91.9 Å². The summed E-state index contributed by atoms with van der Waals surface area (Å²) < 4.78 is 5.46. The first kappa shape index (κ1) is 19.8. The molecule has 0 bridgehead atoms. The van der Waals surface area contributed by atoms with Gasteiger partial charge in [0.2, 0.25) is 5.95 Å². The third-order valence-corrected chi connectivity index (χ3v) is 5.92. The number of anilines is 2. The molecular formula is C22H23N7OS. The summed E-state index contributed by atoms with van der Waals surface area (Å²) in [6, 6.07) is 10.5. The number of hydrogen-bond donors (Lipinski definition) is 2. The van der Waals surface area contributed by atoms with E-state index in [1.165, 1.54) is 16.9 Å². The normalized spacial score (nSPS) is 14.6. The quantitative estimate of drug-likeness (QED) is 0.477. The Hall–Kier alpha value is -3.14. The molecule has 158 valence electrons. The zero-order valence-electron chi connectivity index (χ0n) is 17.2. The first-order chi connectivity index (χ1) is 15.2. The molecular weight excluding hydrogens is 410 g/mol. The van der Waals surface area contributed by atoms with Gasteiger partial charge in [0.05, 0.1) is 30.8 Å². The molecule has 5 rings (SSSR count). The Morgan fingerprint density at radius 3 is 2.97 bits per heavy atom. The van der Waals surface area contributed by atoms with Crippen molar-refractivity contribution in [3.8, 4) is 22.5 Å². The van der Waals surface area contributed by atoms with E-state index in [4.69, 9.17) is 9.72 Å². The summed E-state index contributed by atoms with van der Waals surface area (Å²) in [7, 11) is 0. The number of aromatic amines is 1. The van der Waals surface area contributed by atoms with Crippen LogP contribution in [0.5, 0.6) is 0 Å². The molecule has 1 saturated heterocycles. The number of H-pyrrole nitrogens is 1. The van der Waals surface area contributed by atoms with E-state index in [0.29, 0.717) is 5.95 Å². The van der Waals surface area contributed by atoms with E-state index < -0.39 is 0 Å². The van der Waals surface area contributed by atoms with Crippen LogP contribution in [0.25, 0.3) is 22.5 Å². The summed E-state index contributed by atoms with van der Waals surface area (Å²) in [6.45, 7) is 6.40. The lowest BCUT2D eigenvalue weighted by Crippen LogP contribution is -2.35. The van der Waals surface area contributed by atoms with Gasteiger partial charge in [-0.1, -0.05) is 18.2 Å². The van der Waals surface area contributed by atoms with Crippen molar-refractivity contribution in [3.05, 3.63) is 59.4 Å². The standard InChI is InChI=1S/C22H23N7OS/c1-15-5-6-23-21(25-15)27-22-26-19(14-31-22)18-12-24-28-20(18)17-4-2-3-16(11-17)13-29-7-9-30-10-8-29/h2-6,11-12,14H,7-10,13H2,1H3,(H,24,28)(H,23,25,26,27). The second-order valence-electron chi connectivity index (χ2n) is 7.43. The summed E-state index contributed by atoms with van der Waals surface area (Å²) in [6.07, 6.45) is 3.56. The molecule has 0 spiro atoms. The Morgan fingerprint density at radius 2 is 2.10 bits per heavy atom. The van der Waals surface area contributed by atoms with Crippen molar-refractivity contribution in [1.82, 2.24) is 30.0 Å². The lowest BCUT2D eigenvalue weighted by atomic mass is 10.0. The Morgan fingerprint density at radius 1 is 1.19 bits per heavy atom. The molecule has 1 aliphatic heterocycles. The third-order valence-electron chi connectivity index (χ3n) is 5.16. The molecule has 4 heterocycles. The molecule has 0 unspecified atom stereocenters. The van der Waals surface area contributed by atoms with Crippen molar-refractivity contribution in [2.45, 2.75) is 13.5 Å². The van der Waals surface area contributed by atoms with E-state index in [-0.39, 0.29) is 0 Å². The molecule has 2 N–H and O–H groups in total. The van der Waals surface area contributed by atoms with Crippen LogP contribution in [0.3, 0.4) is 0 Å². The number of aromatic nitrogens is 5. The van der Waals surface area contributed by atoms with Crippen LogP contribution in [0.4, 0.5) is 11.1 Å². The van der Waals surface area contributed by atoms with Crippen LogP contribution >= 0.6 is 11.3 Å². The van der Waals surface area contributed by atoms with Gasteiger partial charge in [-0.05, 0) is 24.6 Å². The summed E-state index contributed by atoms with van der Waals surface area (Å²) in [5, 5.41) is 13.4. The summed E-state index contributed by atoms with van der Waals surface area (Å²) in [4.78, 5) is 15.8. The predicted octanol–water partition coefficient (Wildman–Crippen LogP) is 3.87. The van der Waals surface area contributed by atoms with Crippen molar-refractivity contribution in [3.63, 3.8) is 0 Å². The SMILES string of the molecule is Cc1ccnc(Nc2nc(-c3cn[nH]c3-c3cccc(CN4CCOCC4)c3)cs2)n1. The highest BCUT2D eigenvalue weighted by atomic mass is 32.1. The van der Waals surface area contributed by atoms with Crippen LogP contribution in [-0.4, -0.2) is 56.4 Å². The maximum atomic E-state index is 5.46. The number of rotatable bonds is 6. The zero-order chi connectivity index (χ0) is 21.0. The van der Waals surface area contributed by atoms with Crippen molar-refractivity contribution in [2.75, 3.05) is 31.6 Å². The molecule has 4 aromatic rings. The molecule has 1 fully saturated rings. The largest absolute Gasteiger partial charge is 0.379 e. The van der Waals surface area contributed by atoms with Gasteiger partial charge in [-0.2, -0.15) is 5.10 Å².